The summed E-state index contributed by atoms with van der Waals surface area (Å²) < 4.78 is 5.72. The van der Waals surface area contributed by atoms with Gasteiger partial charge in [0, 0.05) is 6.07 Å². The number of benzene rings is 1. The molecule has 0 saturated carbocycles. The summed E-state index contributed by atoms with van der Waals surface area (Å²) in [6.07, 6.45) is 2.55. The van der Waals surface area contributed by atoms with Crippen molar-refractivity contribution in [3.8, 4) is 5.75 Å². The fourth-order valence-corrected chi connectivity index (χ4v) is 3.25. The second-order valence-corrected chi connectivity index (χ2v) is 6.65. The van der Waals surface area contributed by atoms with Crippen molar-refractivity contribution in [3.05, 3.63) is 54.2 Å². The molecule has 1 aromatic heterocycles. The number of aliphatic hydroxyl groups is 1. The van der Waals surface area contributed by atoms with E-state index >= 15 is 0 Å². The highest BCUT2D eigenvalue weighted by molar-refractivity contribution is 5.32. The lowest BCUT2D eigenvalue weighted by molar-refractivity contribution is -0.903. The van der Waals surface area contributed by atoms with Crippen LogP contribution in [0.2, 0.25) is 0 Å². The van der Waals surface area contributed by atoms with Crippen molar-refractivity contribution in [1.82, 2.24) is 0 Å². The number of piperazine rings is 1. The third-order valence-corrected chi connectivity index (χ3v) is 4.80. The zero-order valence-electron chi connectivity index (χ0n) is 14.9. The van der Waals surface area contributed by atoms with Gasteiger partial charge >= 0.3 is 0 Å². The number of ether oxygens (including phenoxy) is 1. The quantitative estimate of drug-likeness (QED) is 0.756. The summed E-state index contributed by atoms with van der Waals surface area (Å²) in [7, 11) is 0. The van der Waals surface area contributed by atoms with E-state index in [4.69, 9.17) is 4.74 Å². The number of hydrogen-bond donors (Lipinski definition) is 2. The molecule has 3 rings (SSSR count). The molecule has 0 bridgehead atoms. The summed E-state index contributed by atoms with van der Waals surface area (Å²) in [5, 5.41) is 10.3. The largest absolute Gasteiger partial charge is 0.491 e. The Bertz CT molecular complexity index is 625. The van der Waals surface area contributed by atoms with E-state index in [-0.39, 0.29) is 0 Å². The van der Waals surface area contributed by atoms with Crippen LogP contribution in [0.4, 0.5) is 5.82 Å². The van der Waals surface area contributed by atoms with Crippen molar-refractivity contribution in [2.75, 3.05) is 44.2 Å². The summed E-state index contributed by atoms with van der Waals surface area (Å²) in [6.45, 7) is 7.29. The molecule has 1 aliphatic rings. The molecular weight excluding hydrogens is 314 g/mol. The SMILES string of the molecule is CCc1ccc(OCC(O)C[NH+]2CCN(c3cccc[nH+]3)CC2)cc1. The highest BCUT2D eigenvalue weighted by Crippen LogP contribution is 2.12. The molecule has 1 saturated heterocycles. The number of nitrogens with one attached hydrogen (secondary N) is 2. The Balaban J connectivity index is 1.39. The number of aromatic amines is 1. The lowest BCUT2D eigenvalue weighted by Crippen LogP contribution is -3.16. The van der Waals surface area contributed by atoms with Crippen molar-refractivity contribution in [3.63, 3.8) is 0 Å². The van der Waals surface area contributed by atoms with Gasteiger partial charge in [0.1, 0.15) is 51.2 Å². The molecule has 1 atom stereocenters. The predicted octanol–water partition coefficient (Wildman–Crippen LogP) is 0.208. The zero-order chi connectivity index (χ0) is 17.5. The molecule has 1 unspecified atom stereocenters. The number of pyridine rings is 1. The summed E-state index contributed by atoms with van der Waals surface area (Å²) in [6, 6.07) is 14.3. The lowest BCUT2D eigenvalue weighted by atomic mass is 10.2. The number of hydrogen-bond acceptors (Lipinski definition) is 3. The number of aryl methyl sites for hydroxylation is 1. The normalized spacial score (nSPS) is 16.6. The fraction of sp³-hybridized carbons (Fsp3) is 0.450. The Morgan fingerprint density at radius 1 is 1.16 bits per heavy atom. The molecule has 5 heteroatoms. The third kappa shape index (κ3) is 5.18. The van der Waals surface area contributed by atoms with Gasteiger partial charge in [0.2, 0.25) is 0 Å². The van der Waals surface area contributed by atoms with Gasteiger partial charge in [-0.05, 0) is 30.2 Å². The molecule has 1 aliphatic heterocycles. The Morgan fingerprint density at radius 2 is 1.92 bits per heavy atom. The van der Waals surface area contributed by atoms with E-state index in [0.29, 0.717) is 6.61 Å². The standard InChI is InChI=1S/C20H27N3O2/c1-2-17-6-8-19(9-7-17)25-16-18(24)15-22-11-13-23(14-12-22)20-5-3-4-10-21-20/h3-10,18,24H,2,11-16H2,1H3/p+2. The van der Waals surface area contributed by atoms with Crippen molar-refractivity contribution in [2.45, 2.75) is 19.4 Å². The van der Waals surface area contributed by atoms with Crippen molar-refractivity contribution < 1.29 is 19.7 Å². The summed E-state index contributed by atoms with van der Waals surface area (Å²) in [5.41, 5.74) is 1.30. The maximum atomic E-state index is 10.3. The van der Waals surface area contributed by atoms with Crippen LogP contribution in [0.3, 0.4) is 0 Å². The van der Waals surface area contributed by atoms with Gasteiger partial charge in [-0.3, -0.25) is 4.90 Å². The van der Waals surface area contributed by atoms with Crippen LogP contribution < -0.4 is 19.5 Å². The third-order valence-electron chi connectivity index (χ3n) is 4.80. The van der Waals surface area contributed by atoms with E-state index in [0.717, 1.165) is 44.9 Å². The van der Waals surface area contributed by atoms with Crippen molar-refractivity contribution in [2.24, 2.45) is 0 Å². The first kappa shape index (κ1) is 17.7. The van der Waals surface area contributed by atoms with E-state index in [1.165, 1.54) is 16.3 Å². The van der Waals surface area contributed by atoms with Crippen LogP contribution in [0.5, 0.6) is 5.75 Å². The number of aliphatic hydroxyl groups excluding tert-OH is 1. The molecule has 0 spiro atoms. The van der Waals surface area contributed by atoms with Crippen LogP contribution in [0.1, 0.15) is 12.5 Å². The first-order valence-corrected chi connectivity index (χ1v) is 9.19. The summed E-state index contributed by atoms with van der Waals surface area (Å²) >= 11 is 0. The van der Waals surface area contributed by atoms with Gasteiger partial charge in [-0.25, -0.2) is 4.98 Å². The minimum atomic E-state index is -0.435. The van der Waals surface area contributed by atoms with Crippen LogP contribution >= 0.6 is 0 Å². The van der Waals surface area contributed by atoms with E-state index in [1.54, 1.807) is 0 Å². The van der Waals surface area contributed by atoms with E-state index < -0.39 is 6.10 Å². The molecular formula is C20H29N3O2+2. The Morgan fingerprint density at radius 3 is 2.56 bits per heavy atom. The Kier molecular flexibility index (Phi) is 6.25. The van der Waals surface area contributed by atoms with Crippen LogP contribution in [-0.4, -0.2) is 50.5 Å². The highest BCUT2D eigenvalue weighted by Gasteiger charge is 2.27. The summed E-state index contributed by atoms with van der Waals surface area (Å²) in [5.74, 6) is 2.00. The predicted molar refractivity (Wildman–Crippen MR) is 98.1 cm³/mol. The number of H-pyrrole nitrogens is 1. The topological polar surface area (TPSA) is 51.3 Å². The molecule has 1 fully saturated rings. The zero-order valence-corrected chi connectivity index (χ0v) is 14.9. The maximum Gasteiger partial charge on any atom is 0.274 e. The number of rotatable bonds is 7. The maximum absolute atomic E-state index is 10.3. The van der Waals surface area contributed by atoms with Crippen LogP contribution in [-0.2, 0) is 6.42 Å². The van der Waals surface area contributed by atoms with Gasteiger partial charge in [0.05, 0.1) is 6.20 Å². The first-order chi connectivity index (χ1) is 12.2. The first-order valence-electron chi connectivity index (χ1n) is 9.19. The fourth-order valence-electron chi connectivity index (χ4n) is 3.25. The number of anilines is 1. The molecule has 0 radical (unpaired) electrons. The monoisotopic (exact) mass is 343 g/mol. The van der Waals surface area contributed by atoms with Crippen molar-refractivity contribution >= 4 is 5.82 Å². The van der Waals surface area contributed by atoms with Gasteiger partial charge in [-0.2, -0.15) is 0 Å². The van der Waals surface area contributed by atoms with Crippen LogP contribution in [0, 0.1) is 0 Å². The van der Waals surface area contributed by atoms with Gasteiger partial charge < -0.3 is 14.7 Å². The average Bonchev–Trinajstić information content (AvgIpc) is 2.68. The van der Waals surface area contributed by atoms with Gasteiger partial charge in [-0.1, -0.05) is 25.1 Å². The number of quaternary nitrogens is 1. The molecule has 0 amide bonds. The molecule has 1 aromatic carbocycles. The Labute approximate surface area is 149 Å². The molecule has 5 nitrogen and oxygen atoms in total. The molecule has 2 aromatic rings. The number of aromatic nitrogens is 1. The molecule has 134 valence electrons. The molecule has 3 N–H and O–H groups in total. The second kappa shape index (κ2) is 8.83. The Hall–Kier alpha value is -2.11. The minimum absolute atomic E-state index is 0.352. The van der Waals surface area contributed by atoms with Crippen molar-refractivity contribution in [1.29, 1.82) is 0 Å². The van der Waals surface area contributed by atoms with E-state index in [9.17, 15) is 5.11 Å². The lowest BCUT2D eigenvalue weighted by Gasteiger charge is -2.29. The second-order valence-electron chi connectivity index (χ2n) is 6.65. The molecule has 2 heterocycles. The molecule has 25 heavy (non-hydrogen) atoms. The smallest absolute Gasteiger partial charge is 0.274 e. The molecule has 0 aliphatic carbocycles. The van der Waals surface area contributed by atoms with Gasteiger partial charge in [-0.15, -0.1) is 0 Å². The van der Waals surface area contributed by atoms with Crippen LogP contribution in [0.25, 0.3) is 0 Å². The number of nitrogens with zero attached hydrogens (tertiary/aromatic N) is 1. The highest BCUT2D eigenvalue weighted by atomic mass is 16.5. The average molecular weight is 343 g/mol. The van der Waals surface area contributed by atoms with E-state index in [1.807, 2.05) is 24.4 Å². The van der Waals surface area contributed by atoms with Gasteiger partial charge in [0.25, 0.3) is 5.82 Å². The van der Waals surface area contributed by atoms with Crippen LogP contribution in [0.15, 0.2) is 48.7 Å². The van der Waals surface area contributed by atoms with Gasteiger partial charge in [0.15, 0.2) is 0 Å². The summed E-state index contributed by atoms with van der Waals surface area (Å²) in [4.78, 5) is 7.09. The minimum Gasteiger partial charge on any atom is -0.491 e. The van der Waals surface area contributed by atoms with E-state index in [2.05, 4.69) is 41.1 Å².